The predicted octanol–water partition coefficient (Wildman–Crippen LogP) is 0.670. The summed E-state index contributed by atoms with van der Waals surface area (Å²) in [4.78, 5) is 4.06. The Morgan fingerprint density at radius 3 is 3.25 bits per heavy atom. The summed E-state index contributed by atoms with van der Waals surface area (Å²) in [5.41, 5.74) is 0.517. The highest BCUT2D eigenvalue weighted by atomic mass is 32.2. The molecule has 0 saturated carbocycles. The normalized spacial score (nSPS) is 21.6. The van der Waals surface area contributed by atoms with Gasteiger partial charge in [0, 0.05) is 11.9 Å². The Hall–Kier alpha value is -1.25. The average molecular weight is 235 g/mol. The second-order valence-electron chi connectivity index (χ2n) is 3.87. The number of nitriles is 1. The lowest BCUT2D eigenvalue weighted by molar-refractivity contribution is 0.631. The molecule has 1 aromatic heterocycles. The fourth-order valence-electron chi connectivity index (χ4n) is 1.76. The van der Waals surface area contributed by atoms with Gasteiger partial charge in [-0.3, -0.25) is 4.21 Å². The molecule has 84 valence electrons. The van der Waals surface area contributed by atoms with Crippen molar-refractivity contribution in [2.24, 2.45) is 5.92 Å². The fourth-order valence-corrected chi connectivity index (χ4v) is 3.08. The van der Waals surface area contributed by atoms with Crippen LogP contribution in [0.25, 0.3) is 0 Å². The molecule has 4 nitrogen and oxygen atoms in total. The van der Waals surface area contributed by atoms with E-state index in [4.69, 9.17) is 5.26 Å². The van der Waals surface area contributed by atoms with E-state index in [-0.39, 0.29) is 0 Å². The zero-order valence-corrected chi connectivity index (χ0v) is 9.67. The molecule has 1 aliphatic heterocycles. The van der Waals surface area contributed by atoms with Gasteiger partial charge in [-0.1, -0.05) is 0 Å². The number of pyridine rings is 1. The van der Waals surface area contributed by atoms with Crippen LogP contribution in [0.1, 0.15) is 12.0 Å². The number of nitrogens with one attached hydrogen (secondary N) is 1. The molecular formula is C11H13N3OS. The van der Waals surface area contributed by atoms with Gasteiger partial charge < -0.3 is 5.32 Å². The first-order valence-corrected chi connectivity index (χ1v) is 6.57. The van der Waals surface area contributed by atoms with Gasteiger partial charge in [-0.15, -0.1) is 0 Å². The van der Waals surface area contributed by atoms with Crippen LogP contribution in [0.5, 0.6) is 0 Å². The van der Waals surface area contributed by atoms with E-state index in [1.54, 1.807) is 18.3 Å². The van der Waals surface area contributed by atoms with E-state index >= 15 is 0 Å². The number of nitrogens with zero attached hydrogens (tertiary/aromatic N) is 2. The number of hydrogen-bond acceptors (Lipinski definition) is 4. The Morgan fingerprint density at radius 1 is 1.69 bits per heavy atom. The van der Waals surface area contributed by atoms with Crippen molar-refractivity contribution in [3.63, 3.8) is 0 Å². The topological polar surface area (TPSA) is 65.8 Å². The molecule has 1 saturated heterocycles. The van der Waals surface area contributed by atoms with Crippen LogP contribution < -0.4 is 5.32 Å². The van der Waals surface area contributed by atoms with Gasteiger partial charge in [0.2, 0.25) is 0 Å². The highest BCUT2D eigenvalue weighted by molar-refractivity contribution is 7.84. The fraction of sp³-hybridized carbons (Fsp3) is 0.455. The minimum atomic E-state index is -1.09. The highest BCUT2D eigenvalue weighted by Gasteiger charge is 2.18. The first kappa shape index (κ1) is 11.2. The number of rotatable bonds is 3. The molecule has 0 radical (unpaired) electrons. The van der Waals surface area contributed by atoms with Crippen LogP contribution in [-0.4, -0.2) is 28.0 Å². The molecule has 1 aliphatic rings. The van der Waals surface area contributed by atoms with Crippen molar-refractivity contribution in [3.05, 3.63) is 23.9 Å². The SMILES string of the molecule is N#Cc1ccnc([S@](=O)C[C@H]2CCNC2)c1. The lowest BCUT2D eigenvalue weighted by Gasteiger charge is -2.07. The van der Waals surface area contributed by atoms with Crippen LogP contribution in [-0.2, 0) is 10.8 Å². The zero-order valence-electron chi connectivity index (χ0n) is 8.85. The lowest BCUT2D eigenvalue weighted by Crippen LogP contribution is -2.15. The zero-order chi connectivity index (χ0) is 11.4. The van der Waals surface area contributed by atoms with Gasteiger partial charge in [0.25, 0.3) is 0 Å². The Balaban J connectivity index is 2.05. The predicted molar refractivity (Wildman–Crippen MR) is 61.2 cm³/mol. The van der Waals surface area contributed by atoms with Crippen LogP contribution in [0.15, 0.2) is 23.4 Å². The van der Waals surface area contributed by atoms with Crippen molar-refractivity contribution in [1.29, 1.82) is 5.26 Å². The van der Waals surface area contributed by atoms with Gasteiger partial charge in [0.1, 0.15) is 5.03 Å². The molecule has 0 aliphatic carbocycles. The summed E-state index contributed by atoms with van der Waals surface area (Å²) in [6, 6.07) is 5.26. The van der Waals surface area contributed by atoms with Crippen molar-refractivity contribution in [2.75, 3.05) is 18.8 Å². The second-order valence-corrected chi connectivity index (χ2v) is 5.31. The maximum atomic E-state index is 12.0. The lowest BCUT2D eigenvalue weighted by atomic mass is 10.2. The molecule has 2 heterocycles. The van der Waals surface area contributed by atoms with Crippen molar-refractivity contribution >= 4 is 10.8 Å². The summed E-state index contributed by atoms with van der Waals surface area (Å²) >= 11 is 0. The minimum absolute atomic E-state index is 0.466. The minimum Gasteiger partial charge on any atom is -0.316 e. The van der Waals surface area contributed by atoms with Crippen LogP contribution in [0.3, 0.4) is 0 Å². The third kappa shape index (κ3) is 2.65. The van der Waals surface area contributed by atoms with Gasteiger partial charge >= 0.3 is 0 Å². The molecule has 0 spiro atoms. The summed E-state index contributed by atoms with van der Waals surface area (Å²) in [7, 11) is -1.09. The van der Waals surface area contributed by atoms with E-state index in [0.29, 0.717) is 22.3 Å². The van der Waals surface area contributed by atoms with Crippen LogP contribution >= 0.6 is 0 Å². The van der Waals surface area contributed by atoms with Crippen LogP contribution in [0, 0.1) is 17.2 Å². The smallest absolute Gasteiger partial charge is 0.128 e. The van der Waals surface area contributed by atoms with E-state index in [2.05, 4.69) is 10.3 Å². The van der Waals surface area contributed by atoms with Gasteiger partial charge in [0.15, 0.2) is 0 Å². The summed E-state index contributed by atoms with van der Waals surface area (Å²) in [5, 5.41) is 12.5. The Bertz CT molecular complexity index is 435. The van der Waals surface area contributed by atoms with Crippen molar-refractivity contribution in [1.82, 2.24) is 10.3 Å². The Labute approximate surface area is 97.2 Å². The summed E-state index contributed by atoms with van der Waals surface area (Å²) in [5.74, 6) is 1.10. The molecule has 1 fully saturated rings. The largest absolute Gasteiger partial charge is 0.316 e. The Kier molecular flexibility index (Phi) is 3.65. The summed E-state index contributed by atoms with van der Waals surface area (Å²) in [6.45, 7) is 1.94. The molecule has 2 rings (SSSR count). The van der Waals surface area contributed by atoms with E-state index in [1.165, 1.54) is 0 Å². The van der Waals surface area contributed by atoms with E-state index in [0.717, 1.165) is 19.5 Å². The van der Waals surface area contributed by atoms with Gasteiger partial charge in [0.05, 0.1) is 22.4 Å². The molecule has 0 aromatic carbocycles. The molecular weight excluding hydrogens is 222 g/mol. The highest BCUT2D eigenvalue weighted by Crippen LogP contribution is 2.13. The average Bonchev–Trinajstić information content (AvgIpc) is 2.82. The van der Waals surface area contributed by atoms with Crippen molar-refractivity contribution < 1.29 is 4.21 Å². The molecule has 2 atom stereocenters. The quantitative estimate of drug-likeness (QED) is 0.836. The third-order valence-corrected chi connectivity index (χ3v) is 4.11. The number of hydrogen-bond donors (Lipinski definition) is 1. The first-order chi connectivity index (χ1) is 7.79. The first-order valence-electron chi connectivity index (χ1n) is 5.25. The maximum Gasteiger partial charge on any atom is 0.128 e. The van der Waals surface area contributed by atoms with Crippen LogP contribution in [0.4, 0.5) is 0 Å². The monoisotopic (exact) mass is 235 g/mol. The second kappa shape index (κ2) is 5.19. The molecule has 16 heavy (non-hydrogen) atoms. The maximum absolute atomic E-state index is 12.0. The Morgan fingerprint density at radius 2 is 2.56 bits per heavy atom. The van der Waals surface area contributed by atoms with Gasteiger partial charge in [-0.05, 0) is 37.6 Å². The molecule has 0 bridgehead atoms. The molecule has 5 heteroatoms. The van der Waals surface area contributed by atoms with E-state index < -0.39 is 10.8 Å². The third-order valence-electron chi connectivity index (χ3n) is 2.65. The summed E-state index contributed by atoms with van der Waals surface area (Å²) < 4.78 is 12.0. The molecule has 1 N–H and O–H groups in total. The van der Waals surface area contributed by atoms with E-state index in [1.807, 2.05) is 6.07 Å². The van der Waals surface area contributed by atoms with Gasteiger partial charge in [-0.2, -0.15) is 5.26 Å². The van der Waals surface area contributed by atoms with Gasteiger partial charge in [-0.25, -0.2) is 4.98 Å². The molecule has 1 aromatic rings. The van der Waals surface area contributed by atoms with Crippen LogP contribution in [0.2, 0.25) is 0 Å². The molecule has 0 amide bonds. The van der Waals surface area contributed by atoms with Crippen molar-refractivity contribution in [3.8, 4) is 6.07 Å². The summed E-state index contributed by atoms with van der Waals surface area (Å²) in [6.07, 6.45) is 2.61. The standard InChI is InChI=1S/C11H13N3OS/c12-6-9-2-4-14-11(5-9)16(15)8-10-1-3-13-7-10/h2,4-5,10,13H,1,3,7-8H2/t10-,16+/m0/s1. The van der Waals surface area contributed by atoms with E-state index in [9.17, 15) is 4.21 Å². The molecule has 0 unspecified atom stereocenters. The number of aromatic nitrogens is 1. The van der Waals surface area contributed by atoms with Crippen molar-refractivity contribution in [2.45, 2.75) is 11.4 Å².